The Morgan fingerprint density at radius 2 is 1.38 bits per heavy atom. The van der Waals surface area contributed by atoms with E-state index in [0.717, 1.165) is 42.0 Å². The number of unbranched alkanes of at least 4 members (excludes halogenated alkanes) is 1. The summed E-state index contributed by atoms with van der Waals surface area (Å²) in [6.45, 7) is 4.61. The van der Waals surface area contributed by atoms with E-state index in [-0.39, 0.29) is 37.1 Å². The van der Waals surface area contributed by atoms with E-state index in [1.807, 2.05) is 42.5 Å². The van der Waals surface area contributed by atoms with Crippen molar-refractivity contribution in [3.63, 3.8) is 0 Å². The summed E-state index contributed by atoms with van der Waals surface area (Å²) in [5.74, 6) is -3.45. The number of carboxylic acid groups (broad SMARTS) is 3. The van der Waals surface area contributed by atoms with Crippen LogP contribution in [0.25, 0.3) is 10.8 Å². The maximum atomic E-state index is 13.4. The lowest BCUT2D eigenvalue weighted by Crippen LogP contribution is -2.51. The lowest BCUT2D eigenvalue weighted by Gasteiger charge is -2.31. The number of carbonyl (C=O) groups is 6. The second-order valence-electron chi connectivity index (χ2n) is 12.9. The molecule has 1 aliphatic carbocycles. The van der Waals surface area contributed by atoms with Gasteiger partial charge in [-0.15, -0.1) is 0 Å². The van der Waals surface area contributed by atoms with E-state index in [4.69, 9.17) is 5.11 Å². The molecular formula is C35H48N4O9. The minimum absolute atomic E-state index is 0.00178. The van der Waals surface area contributed by atoms with E-state index in [1.165, 1.54) is 0 Å². The van der Waals surface area contributed by atoms with Crippen molar-refractivity contribution >= 4 is 46.5 Å². The van der Waals surface area contributed by atoms with Crippen LogP contribution in [0.4, 0.5) is 4.79 Å². The van der Waals surface area contributed by atoms with Crippen molar-refractivity contribution < 1.29 is 44.1 Å². The number of carbonyl (C=O) groups excluding carboxylic acids is 3. The maximum Gasteiger partial charge on any atom is 0.326 e. The molecule has 0 heterocycles. The minimum atomic E-state index is -1.50. The number of urea groups is 1. The van der Waals surface area contributed by atoms with Crippen LogP contribution >= 0.6 is 0 Å². The number of nitrogens with one attached hydrogen (secondary N) is 4. The van der Waals surface area contributed by atoms with Crippen LogP contribution in [0.2, 0.25) is 0 Å². The predicted octanol–water partition coefficient (Wildman–Crippen LogP) is 3.69. The number of amides is 4. The monoisotopic (exact) mass is 668 g/mol. The number of carboxylic acids is 3. The van der Waals surface area contributed by atoms with Gasteiger partial charge in [0, 0.05) is 25.3 Å². The molecule has 3 atom stereocenters. The zero-order valence-electron chi connectivity index (χ0n) is 27.6. The average molecular weight is 669 g/mol. The maximum absolute atomic E-state index is 13.4. The van der Waals surface area contributed by atoms with Crippen molar-refractivity contribution in [1.29, 1.82) is 0 Å². The highest BCUT2D eigenvalue weighted by Crippen LogP contribution is 2.33. The molecule has 3 rings (SSSR count). The molecule has 2 aromatic rings. The van der Waals surface area contributed by atoms with Gasteiger partial charge >= 0.3 is 23.9 Å². The van der Waals surface area contributed by atoms with Crippen molar-refractivity contribution in [1.82, 2.24) is 21.3 Å². The largest absolute Gasteiger partial charge is 0.481 e. The Labute approximate surface area is 280 Å². The number of rotatable bonds is 18. The third kappa shape index (κ3) is 12.2. The van der Waals surface area contributed by atoms with Crippen LogP contribution in [-0.2, 0) is 30.4 Å². The summed E-state index contributed by atoms with van der Waals surface area (Å²) < 4.78 is 0. The summed E-state index contributed by atoms with van der Waals surface area (Å²) in [5, 5.41) is 39.8. The van der Waals surface area contributed by atoms with Gasteiger partial charge in [0.05, 0.1) is 0 Å². The second kappa shape index (κ2) is 18.6. The molecule has 1 aliphatic rings. The minimum Gasteiger partial charge on any atom is -0.481 e. The molecule has 262 valence electrons. The lowest BCUT2D eigenvalue weighted by atomic mass is 9.76. The number of benzene rings is 2. The molecule has 13 nitrogen and oxygen atoms in total. The summed E-state index contributed by atoms with van der Waals surface area (Å²) >= 11 is 0. The smallest absolute Gasteiger partial charge is 0.326 e. The highest BCUT2D eigenvalue weighted by atomic mass is 16.4. The van der Waals surface area contributed by atoms with E-state index in [1.54, 1.807) is 0 Å². The quantitative estimate of drug-likeness (QED) is 0.115. The van der Waals surface area contributed by atoms with Gasteiger partial charge in [-0.2, -0.15) is 0 Å². The zero-order valence-corrected chi connectivity index (χ0v) is 27.6. The summed E-state index contributed by atoms with van der Waals surface area (Å²) in [7, 11) is 0. The van der Waals surface area contributed by atoms with Gasteiger partial charge in [-0.1, -0.05) is 56.3 Å². The van der Waals surface area contributed by atoms with Crippen molar-refractivity contribution in [2.75, 3.05) is 6.54 Å². The molecule has 1 fully saturated rings. The lowest BCUT2D eigenvalue weighted by molar-refractivity contribution is -0.141. The fourth-order valence-corrected chi connectivity index (χ4v) is 6.10. The van der Waals surface area contributed by atoms with Gasteiger partial charge in [-0.25, -0.2) is 14.4 Å². The SMILES string of the molecule is CC(C)C1CCC(C(=O)NC(Cc2ccc3ccccc3c2)C(=O)NCCCCC(NC(=O)N[C@@H](CCC(=O)O)C(=O)O)C(=O)O)CC1. The molecule has 1 saturated carbocycles. The van der Waals surface area contributed by atoms with Gasteiger partial charge in [0.2, 0.25) is 11.8 Å². The number of fused-ring (bicyclic) bond motifs is 1. The molecule has 0 saturated heterocycles. The van der Waals surface area contributed by atoms with E-state index in [0.29, 0.717) is 31.1 Å². The first-order valence-corrected chi connectivity index (χ1v) is 16.6. The first-order chi connectivity index (χ1) is 22.8. The molecule has 13 heteroatoms. The third-order valence-electron chi connectivity index (χ3n) is 9.04. The fraction of sp³-hybridized carbons (Fsp3) is 0.543. The van der Waals surface area contributed by atoms with Crippen molar-refractivity contribution in [2.24, 2.45) is 17.8 Å². The molecule has 2 unspecified atom stereocenters. The number of aliphatic carboxylic acids is 3. The Balaban J connectivity index is 1.55. The van der Waals surface area contributed by atoms with Gasteiger partial charge in [0.25, 0.3) is 0 Å². The molecule has 48 heavy (non-hydrogen) atoms. The molecule has 4 amide bonds. The Morgan fingerprint density at radius 1 is 0.750 bits per heavy atom. The highest BCUT2D eigenvalue weighted by Gasteiger charge is 2.31. The Hall–Kier alpha value is -4.68. The standard InChI is InChI=1S/C35H48N4O9/c1-21(2)23-12-14-25(15-13-23)31(42)37-29(20-22-10-11-24-7-3-4-8-26(24)19-22)32(43)36-18-6-5-9-27(33(44)45)38-35(48)39-28(34(46)47)16-17-30(40)41/h3-4,7-8,10-11,19,21,23,25,27-29H,5-6,9,12-18,20H2,1-2H3,(H,36,43)(H,37,42)(H,40,41)(H,44,45)(H,46,47)(H2,38,39,48)/t23?,25?,27?,28-,29?/m0/s1. The van der Waals surface area contributed by atoms with Crippen LogP contribution in [0, 0.1) is 17.8 Å². The van der Waals surface area contributed by atoms with E-state index >= 15 is 0 Å². The normalized spacial score (nSPS) is 17.9. The average Bonchev–Trinajstić information content (AvgIpc) is 3.05. The summed E-state index contributed by atoms with van der Waals surface area (Å²) in [5.41, 5.74) is 0.902. The van der Waals surface area contributed by atoms with Gasteiger partial charge in [0.15, 0.2) is 0 Å². The first-order valence-electron chi connectivity index (χ1n) is 16.6. The van der Waals surface area contributed by atoms with E-state index in [9.17, 15) is 39.0 Å². The Bertz CT molecular complexity index is 1440. The highest BCUT2D eigenvalue weighted by molar-refractivity contribution is 5.89. The van der Waals surface area contributed by atoms with Gasteiger partial charge < -0.3 is 36.6 Å². The van der Waals surface area contributed by atoms with Crippen LogP contribution in [-0.4, -0.2) is 75.7 Å². The van der Waals surface area contributed by atoms with Crippen LogP contribution in [0.1, 0.15) is 77.2 Å². The summed E-state index contributed by atoms with van der Waals surface area (Å²) in [4.78, 5) is 72.8. The molecule has 0 radical (unpaired) electrons. The van der Waals surface area contributed by atoms with E-state index < -0.39 is 48.5 Å². The number of hydrogen-bond acceptors (Lipinski definition) is 6. The van der Waals surface area contributed by atoms with Crippen molar-refractivity contribution in [3.05, 3.63) is 48.0 Å². The molecule has 7 N–H and O–H groups in total. The van der Waals surface area contributed by atoms with Crippen LogP contribution in [0.5, 0.6) is 0 Å². The molecule has 0 aliphatic heterocycles. The molecular weight excluding hydrogens is 620 g/mol. The van der Waals surface area contributed by atoms with Gasteiger partial charge in [0.1, 0.15) is 18.1 Å². The summed E-state index contributed by atoms with van der Waals surface area (Å²) in [6.07, 6.45) is 3.67. The fourth-order valence-electron chi connectivity index (χ4n) is 6.10. The Kier molecular flexibility index (Phi) is 14.6. The molecule has 0 aromatic heterocycles. The first kappa shape index (κ1) is 37.8. The zero-order chi connectivity index (χ0) is 35.2. The predicted molar refractivity (Wildman–Crippen MR) is 178 cm³/mol. The van der Waals surface area contributed by atoms with Crippen LogP contribution < -0.4 is 21.3 Å². The summed E-state index contributed by atoms with van der Waals surface area (Å²) in [6, 6.07) is 9.16. The second-order valence-corrected chi connectivity index (χ2v) is 12.9. The topological polar surface area (TPSA) is 211 Å². The molecule has 0 spiro atoms. The molecule has 2 aromatic carbocycles. The van der Waals surface area contributed by atoms with Crippen molar-refractivity contribution in [3.8, 4) is 0 Å². The van der Waals surface area contributed by atoms with E-state index in [2.05, 4.69) is 35.1 Å². The Morgan fingerprint density at radius 3 is 1.98 bits per heavy atom. The van der Waals surface area contributed by atoms with Gasteiger partial charge in [-0.05, 0) is 79.5 Å². The van der Waals surface area contributed by atoms with Gasteiger partial charge in [-0.3, -0.25) is 14.4 Å². The third-order valence-corrected chi connectivity index (χ3v) is 9.04. The molecule has 0 bridgehead atoms. The van der Waals surface area contributed by atoms with Crippen LogP contribution in [0.3, 0.4) is 0 Å². The van der Waals surface area contributed by atoms with Crippen LogP contribution in [0.15, 0.2) is 42.5 Å². The number of hydrogen-bond donors (Lipinski definition) is 7. The van der Waals surface area contributed by atoms with Crippen molar-refractivity contribution in [2.45, 2.75) is 96.2 Å².